The highest BCUT2D eigenvalue weighted by molar-refractivity contribution is 6.07. The lowest BCUT2D eigenvalue weighted by molar-refractivity contribution is 0.0775. The van der Waals surface area contributed by atoms with Crippen LogP contribution in [0.25, 0.3) is 21.8 Å². The largest absolute Gasteiger partial charge is 0.381 e. The summed E-state index contributed by atoms with van der Waals surface area (Å²) in [7, 11) is 1.78. The average molecular weight is 438 g/mol. The predicted octanol–water partition coefficient (Wildman–Crippen LogP) is 3.48. The molecule has 0 aliphatic carbocycles. The Morgan fingerprint density at radius 3 is 2.66 bits per heavy atom. The van der Waals surface area contributed by atoms with Crippen molar-refractivity contribution in [3.63, 3.8) is 0 Å². The van der Waals surface area contributed by atoms with Gasteiger partial charge in [-0.2, -0.15) is 5.10 Å². The molecule has 4 aromatic rings. The highest BCUT2D eigenvalue weighted by Crippen LogP contribution is 2.28. The smallest absolute Gasteiger partial charge is 0.291 e. The molecule has 32 heavy (non-hydrogen) atoms. The third-order valence-corrected chi connectivity index (χ3v) is 6.25. The van der Waals surface area contributed by atoms with Gasteiger partial charge in [-0.05, 0) is 31.0 Å². The number of nitrogens with zero attached hydrogens (tertiary/aromatic N) is 3. The Hall–Kier alpha value is -3.10. The average Bonchev–Trinajstić information content (AvgIpc) is 3.07. The molecular formula is C24H24F2N4O2. The molecule has 0 spiro atoms. The van der Waals surface area contributed by atoms with Crippen molar-refractivity contribution in [3.05, 3.63) is 75.7 Å². The first-order valence-corrected chi connectivity index (χ1v) is 10.7. The van der Waals surface area contributed by atoms with Gasteiger partial charge in [0.05, 0.1) is 12.7 Å². The summed E-state index contributed by atoms with van der Waals surface area (Å²) in [4.78, 5) is 13.2. The van der Waals surface area contributed by atoms with E-state index in [-0.39, 0.29) is 23.7 Å². The van der Waals surface area contributed by atoms with Gasteiger partial charge in [-0.15, -0.1) is 0 Å². The fourth-order valence-electron chi connectivity index (χ4n) is 4.41. The molecular weight excluding hydrogens is 414 g/mol. The lowest BCUT2D eigenvalue weighted by atomic mass is 10.1. The third kappa shape index (κ3) is 3.69. The number of aromatic nitrogens is 3. The number of nitrogens with one attached hydrogen (secondary N) is 1. The van der Waals surface area contributed by atoms with Gasteiger partial charge >= 0.3 is 0 Å². The second-order valence-corrected chi connectivity index (χ2v) is 8.25. The number of rotatable bonds is 5. The van der Waals surface area contributed by atoms with Crippen LogP contribution in [0.15, 0.2) is 47.4 Å². The van der Waals surface area contributed by atoms with Gasteiger partial charge in [0.15, 0.2) is 0 Å². The SMILES string of the molecule is Cn1c2cc(CNC3CCOCC3)c(F)cc2c2cnn(Cc3ccccc3F)c(=O)c21. The zero-order valence-electron chi connectivity index (χ0n) is 17.8. The Labute approximate surface area is 183 Å². The van der Waals surface area contributed by atoms with Crippen molar-refractivity contribution in [2.24, 2.45) is 7.05 Å². The number of fused-ring (bicyclic) bond motifs is 3. The van der Waals surface area contributed by atoms with E-state index >= 15 is 0 Å². The maximum absolute atomic E-state index is 14.9. The Bertz CT molecular complexity index is 1360. The third-order valence-electron chi connectivity index (χ3n) is 6.25. The van der Waals surface area contributed by atoms with Crippen LogP contribution < -0.4 is 10.9 Å². The molecule has 1 aliphatic rings. The lowest BCUT2D eigenvalue weighted by Gasteiger charge is -2.23. The lowest BCUT2D eigenvalue weighted by Crippen LogP contribution is -2.34. The van der Waals surface area contributed by atoms with Crippen LogP contribution in [0.4, 0.5) is 8.78 Å². The Morgan fingerprint density at radius 2 is 1.88 bits per heavy atom. The van der Waals surface area contributed by atoms with E-state index in [1.807, 2.05) is 0 Å². The van der Waals surface area contributed by atoms with E-state index in [0.29, 0.717) is 53.2 Å². The van der Waals surface area contributed by atoms with Crippen LogP contribution in [-0.2, 0) is 24.9 Å². The molecule has 166 valence electrons. The topological polar surface area (TPSA) is 61.1 Å². The highest BCUT2D eigenvalue weighted by Gasteiger charge is 2.18. The van der Waals surface area contributed by atoms with Gasteiger partial charge < -0.3 is 14.6 Å². The zero-order valence-corrected chi connectivity index (χ0v) is 17.8. The molecule has 0 radical (unpaired) electrons. The van der Waals surface area contributed by atoms with E-state index in [2.05, 4.69) is 10.4 Å². The zero-order chi connectivity index (χ0) is 22.2. The number of ether oxygens (including phenoxy) is 1. The van der Waals surface area contributed by atoms with Crippen LogP contribution in [0, 0.1) is 11.6 Å². The van der Waals surface area contributed by atoms with Crippen LogP contribution in [0.2, 0.25) is 0 Å². The Kier molecular flexibility index (Phi) is 5.48. The van der Waals surface area contributed by atoms with E-state index in [1.54, 1.807) is 42.1 Å². The molecule has 5 rings (SSSR count). The molecule has 1 N–H and O–H groups in total. The molecule has 2 aromatic carbocycles. The van der Waals surface area contributed by atoms with Crippen molar-refractivity contribution < 1.29 is 13.5 Å². The summed E-state index contributed by atoms with van der Waals surface area (Å²) in [6.07, 6.45) is 3.37. The molecule has 0 unspecified atom stereocenters. The van der Waals surface area contributed by atoms with E-state index in [0.717, 1.165) is 18.4 Å². The Morgan fingerprint density at radius 1 is 1.09 bits per heavy atom. The van der Waals surface area contributed by atoms with Crippen LogP contribution in [0.3, 0.4) is 0 Å². The van der Waals surface area contributed by atoms with Crippen molar-refractivity contribution >= 4 is 21.8 Å². The van der Waals surface area contributed by atoms with Crippen molar-refractivity contribution in [1.29, 1.82) is 0 Å². The second-order valence-electron chi connectivity index (χ2n) is 8.25. The molecule has 0 atom stereocenters. The van der Waals surface area contributed by atoms with Crippen molar-refractivity contribution in [1.82, 2.24) is 19.7 Å². The van der Waals surface area contributed by atoms with Crippen molar-refractivity contribution in [3.8, 4) is 0 Å². The van der Waals surface area contributed by atoms with Gasteiger partial charge in [-0.3, -0.25) is 4.79 Å². The second kappa shape index (κ2) is 8.44. The summed E-state index contributed by atoms with van der Waals surface area (Å²) >= 11 is 0. The molecule has 6 nitrogen and oxygen atoms in total. The molecule has 3 heterocycles. The minimum Gasteiger partial charge on any atom is -0.381 e. The molecule has 0 saturated carbocycles. The number of hydrogen-bond acceptors (Lipinski definition) is 4. The summed E-state index contributed by atoms with van der Waals surface area (Å²) in [6.45, 7) is 1.87. The number of hydrogen-bond donors (Lipinski definition) is 1. The van der Waals surface area contributed by atoms with Gasteiger partial charge in [-0.25, -0.2) is 13.5 Å². The molecule has 1 aliphatic heterocycles. The molecule has 0 amide bonds. The number of benzene rings is 2. The minimum absolute atomic E-state index is 0.0254. The quantitative estimate of drug-likeness (QED) is 0.518. The summed E-state index contributed by atoms with van der Waals surface area (Å²) in [5.41, 5.74) is 1.77. The first-order valence-electron chi connectivity index (χ1n) is 10.7. The first-order chi connectivity index (χ1) is 15.5. The molecule has 0 bridgehead atoms. The van der Waals surface area contributed by atoms with E-state index < -0.39 is 0 Å². The minimum atomic E-state index is -0.387. The van der Waals surface area contributed by atoms with Gasteiger partial charge in [0.2, 0.25) is 0 Å². The highest BCUT2D eigenvalue weighted by atomic mass is 19.1. The van der Waals surface area contributed by atoms with Crippen molar-refractivity contribution in [2.45, 2.75) is 32.0 Å². The Balaban J connectivity index is 1.53. The van der Waals surface area contributed by atoms with Crippen LogP contribution >= 0.6 is 0 Å². The monoisotopic (exact) mass is 438 g/mol. The van der Waals surface area contributed by atoms with Crippen molar-refractivity contribution in [2.75, 3.05) is 13.2 Å². The maximum Gasteiger partial charge on any atom is 0.291 e. The van der Waals surface area contributed by atoms with Crippen LogP contribution in [0.5, 0.6) is 0 Å². The maximum atomic E-state index is 14.9. The van der Waals surface area contributed by atoms with Gasteiger partial charge in [0.1, 0.15) is 17.2 Å². The van der Waals surface area contributed by atoms with E-state index in [4.69, 9.17) is 4.74 Å². The summed E-state index contributed by atoms with van der Waals surface area (Å²) < 4.78 is 37.3. The first kappa shape index (κ1) is 20.8. The van der Waals surface area contributed by atoms with E-state index in [1.165, 1.54) is 16.8 Å². The number of halogens is 2. The van der Waals surface area contributed by atoms with Crippen LogP contribution in [-0.4, -0.2) is 33.6 Å². The molecule has 1 fully saturated rings. The summed E-state index contributed by atoms with van der Waals surface area (Å²) in [6, 6.07) is 9.87. The molecule has 2 aromatic heterocycles. The molecule has 8 heteroatoms. The standard InChI is InChI=1S/C24H24F2N4O2/c1-29-22-10-16(12-27-17-6-8-32-9-7-17)21(26)11-18(22)19-13-28-30(24(31)23(19)29)14-15-4-2-3-5-20(15)25/h2-5,10-11,13,17,27H,6-9,12,14H2,1H3. The fourth-order valence-corrected chi connectivity index (χ4v) is 4.41. The summed E-state index contributed by atoms with van der Waals surface area (Å²) in [5, 5.41) is 8.86. The fraction of sp³-hybridized carbons (Fsp3) is 0.333. The molecule has 1 saturated heterocycles. The van der Waals surface area contributed by atoms with Crippen LogP contribution in [0.1, 0.15) is 24.0 Å². The van der Waals surface area contributed by atoms with E-state index in [9.17, 15) is 13.6 Å². The predicted molar refractivity (Wildman–Crippen MR) is 119 cm³/mol. The van der Waals surface area contributed by atoms with Gasteiger partial charge in [0, 0.05) is 60.3 Å². The van der Waals surface area contributed by atoms with Gasteiger partial charge in [0.25, 0.3) is 5.56 Å². The normalized spacial score (nSPS) is 15.1. The number of aryl methyl sites for hydroxylation is 1. The summed E-state index contributed by atoms with van der Waals surface area (Å²) in [5.74, 6) is -0.706. The van der Waals surface area contributed by atoms with Gasteiger partial charge in [-0.1, -0.05) is 18.2 Å².